The smallest absolute Gasteiger partial charge is 0.212 e. The molecule has 0 radical (unpaired) electrons. The van der Waals surface area contributed by atoms with Crippen LogP contribution in [0.5, 0.6) is 0 Å². The van der Waals surface area contributed by atoms with E-state index in [1.807, 2.05) is 0 Å². The van der Waals surface area contributed by atoms with Crippen LogP contribution in [0.3, 0.4) is 0 Å². The Balaban J connectivity index is 2.22. The van der Waals surface area contributed by atoms with Crippen molar-refractivity contribution in [3.63, 3.8) is 0 Å². The van der Waals surface area contributed by atoms with Gasteiger partial charge < -0.3 is 0 Å². The van der Waals surface area contributed by atoms with E-state index in [1.54, 1.807) is 0 Å². The second kappa shape index (κ2) is 5.92. The van der Waals surface area contributed by atoms with Gasteiger partial charge in [-0.2, -0.15) is 17.5 Å². The summed E-state index contributed by atoms with van der Waals surface area (Å²) in [6.07, 6.45) is -4.02. The Hall–Kier alpha value is -1.15. The minimum absolute atomic E-state index is 0.131. The molecule has 8 heteroatoms. The van der Waals surface area contributed by atoms with Gasteiger partial charge in [-0.3, -0.25) is 0 Å². The van der Waals surface area contributed by atoms with Gasteiger partial charge in [0, 0.05) is 6.54 Å². The van der Waals surface area contributed by atoms with E-state index in [0.717, 1.165) is 12.1 Å². The first kappa shape index (κ1) is 16.2. The lowest BCUT2D eigenvalue weighted by Gasteiger charge is -2.35. The lowest BCUT2D eigenvalue weighted by Crippen LogP contribution is -2.51. The molecule has 1 fully saturated rings. The molecule has 1 aliphatic heterocycles. The van der Waals surface area contributed by atoms with Gasteiger partial charge in [-0.15, -0.1) is 0 Å². The first-order valence-corrected chi connectivity index (χ1v) is 8.12. The van der Waals surface area contributed by atoms with E-state index in [9.17, 15) is 26.0 Å². The number of benzene rings is 1. The fourth-order valence-corrected chi connectivity index (χ4v) is 4.24. The Bertz CT molecular complexity index is 583. The molecule has 1 aromatic carbocycles. The van der Waals surface area contributed by atoms with Crippen molar-refractivity contribution in [3.8, 4) is 0 Å². The highest BCUT2D eigenvalue weighted by Crippen LogP contribution is 2.34. The molecule has 0 amide bonds. The number of hydrogen-bond acceptors (Lipinski definition) is 2. The normalized spacial score (nSPS) is 21.4. The molecule has 1 saturated heterocycles. The molecular formula is C13H15F4NO2S. The van der Waals surface area contributed by atoms with Crippen LogP contribution in [-0.2, 0) is 15.8 Å². The maximum atomic E-state index is 13.0. The van der Waals surface area contributed by atoms with Crippen LogP contribution in [0.2, 0.25) is 0 Å². The molecule has 1 unspecified atom stereocenters. The molecule has 1 aromatic rings. The van der Waals surface area contributed by atoms with E-state index < -0.39 is 33.8 Å². The van der Waals surface area contributed by atoms with Gasteiger partial charge in [-0.1, -0.05) is 18.6 Å². The molecular weight excluding hydrogens is 310 g/mol. The summed E-state index contributed by atoms with van der Waals surface area (Å²) < 4.78 is 76.7. The standard InChI is InChI=1S/C13H15F4NO2S/c14-11-6-4-10(5-7-11)9-21(19,20)18-8-2-1-3-12(18)13(15,16)17/h4-7,12H,1-3,8-9H2. The summed E-state index contributed by atoms with van der Waals surface area (Å²) in [5.74, 6) is -1.08. The molecule has 0 aliphatic carbocycles. The molecule has 0 bridgehead atoms. The predicted molar refractivity (Wildman–Crippen MR) is 69.4 cm³/mol. The van der Waals surface area contributed by atoms with Gasteiger partial charge in [0.05, 0.1) is 5.75 Å². The Labute approximate surface area is 120 Å². The van der Waals surface area contributed by atoms with Gasteiger partial charge in [-0.25, -0.2) is 12.8 Å². The predicted octanol–water partition coefficient (Wildman–Crippen LogP) is 3.07. The monoisotopic (exact) mass is 325 g/mol. The van der Waals surface area contributed by atoms with Gasteiger partial charge in [0.15, 0.2) is 0 Å². The third-order valence-electron chi connectivity index (χ3n) is 3.45. The maximum Gasteiger partial charge on any atom is 0.405 e. The molecule has 21 heavy (non-hydrogen) atoms. The minimum atomic E-state index is -4.57. The molecule has 0 saturated carbocycles. The number of piperidine rings is 1. The van der Waals surface area contributed by atoms with Crippen LogP contribution >= 0.6 is 0 Å². The van der Waals surface area contributed by atoms with Crippen molar-refractivity contribution in [2.75, 3.05) is 6.54 Å². The third-order valence-corrected chi connectivity index (χ3v) is 5.30. The van der Waals surface area contributed by atoms with E-state index in [4.69, 9.17) is 0 Å². The SMILES string of the molecule is O=S(=O)(Cc1ccc(F)cc1)N1CCCCC1C(F)(F)F. The van der Waals surface area contributed by atoms with Gasteiger partial charge in [0.1, 0.15) is 11.9 Å². The molecule has 0 aromatic heterocycles. The molecule has 2 rings (SSSR count). The van der Waals surface area contributed by atoms with Crippen molar-refractivity contribution in [3.05, 3.63) is 35.6 Å². The highest BCUT2D eigenvalue weighted by atomic mass is 32.2. The first-order valence-electron chi connectivity index (χ1n) is 6.51. The van der Waals surface area contributed by atoms with Crippen LogP contribution in [0.4, 0.5) is 17.6 Å². The van der Waals surface area contributed by atoms with Crippen molar-refractivity contribution < 1.29 is 26.0 Å². The molecule has 1 heterocycles. The Morgan fingerprint density at radius 3 is 2.33 bits per heavy atom. The van der Waals surface area contributed by atoms with Crippen molar-refractivity contribution in [1.29, 1.82) is 0 Å². The summed E-state index contributed by atoms with van der Waals surface area (Å²) in [4.78, 5) is 0. The zero-order chi connectivity index (χ0) is 15.7. The highest BCUT2D eigenvalue weighted by molar-refractivity contribution is 7.88. The van der Waals surface area contributed by atoms with Crippen LogP contribution in [0.15, 0.2) is 24.3 Å². The lowest BCUT2D eigenvalue weighted by atomic mass is 10.0. The summed E-state index contributed by atoms with van der Waals surface area (Å²) in [7, 11) is -4.09. The van der Waals surface area contributed by atoms with Crippen LogP contribution in [0.25, 0.3) is 0 Å². The Morgan fingerprint density at radius 2 is 1.76 bits per heavy atom. The van der Waals surface area contributed by atoms with Crippen molar-refractivity contribution in [2.24, 2.45) is 0 Å². The number of nitrogens with zero attached hydrogens (tertiary/aromatic N) is 1. The van der Waals surface area contributed by atoms with Crippen LogP contribution in [0.1, 0.15) is 24.8 Å². The largest absolute Gasteiger partial charge is 0.405 e. The second-order valence-electron chi connectivity index (χ2n) is 5.05. The molecule has 118 valence electrons. The summed E-state index contributed by atoms with van der Waals surface area (Å²) in [5, 5.41) is 0. The summed E-state index contributed by atoms with van der Waals surface area (Å²) in [6.45, 7) is -0.131. The number of rotatable bonds is 3. The number of sulfonamides is 1. The quantitative estimate of drug-likeness (QED) is 0.801. The second-order valence-corrected chi connectivity index (χ2v) is 6.97. The highest BCUT2D eigenvalue weighted by Gasteiger charge is 2.48. The topological polar surface area (TPSA) is 37.4 Å². The number of hydrogen-bond donors (Lipinski definition) is 0. The van der Waals surface area contributed by atoms with Gasteiger partial charge in [-0.05, 0) is 30.5 Å². The summed E-state index contributed by atoms with van der Waals surface area (Å²) in [6, 6.07) is 2.74. The molecule has 3 nitrogen and oxygen atoms in total. The van der Waals surface area contributed by atoms with Crippen molar-refractivity contribution >= 4 is 10.0 Å². The zero-order valence-corrected chi connectivity index (χ0v) is 11.9. The number of halogens is 4. The lowest BCUT2D eigenvalue weighted by molar-refractivity contribution is -0.177. The van der Waals surface area contributed by atoms with E-state index in [0.29, 0.717) is 17.1 Å². The minimum Gasteiger partial charge on any atom is -0.212 e. The van der Waals surface area contributed by atoms with Crippen molar-refractivity contribution in [1.82, 2.24) is 4.31 Å². The average molecular weight is 325 g/mol. The van der Waals surface area contributed by atoms with Gasteiger partial charge >= 0.3 is 6.18 Å². The van der Waals surface area contributed by atoms with Gasteiger partial charge in [0.2, 0.25) is 10.0 Å². The van der Waals surface area contributed by atoms with E-state index in [1.165, 1.54) is 12.1 Å². The zero-order valence-electron chi connectivity index (χ0n) is 11.1. The number of alkyl halides is 3. The van der Waals surface area contributed by atoms with E-state index in [2.05, 4.69) is 0 Å². The Kier molecular flexibility index (Phi) is 4.57. The fourth-order valence-electron chi connectivity index (χ4n) is 2.44. The van der Waals surface area contributed by atoms with E-state index >= 15 is 0 Å². The van der Waals surface area contributed by atoms with Crippen molar-refractivity contribution in [2.45, 2.75) is 37.2 Å². The Morgan fingerprint density at radius 1 is 1.14 bits per heavy atom. The van der Waals surface area contributed by atoms with Gasteiger partial charge in [0.25, 0.3) is 0 Å². The summed E-state index contributed by atoms with van der Waals surface area (Å²) in [5.41, 5.74) is 0.267. The van der Waals surface area contributed by atoms with E-state index in [-0.39, 0.29) is 18.5 Å². The molecule has 1 atom stereocenters. The summed E-state index contributed by atoms with van der Waals surface area (Å²) >= 11 is 0. The maximum absolute atomic E-state index is 13.0. The fraction of sp³-hybridized carbons (Fsp3) is 0.538. The molecule has 1 aliphatic rings. The molecule has 0 spiro atoms. The molecule has 0 N–H and O–H groups in total. The van der Waals surface area contributed by atoms with Crippen LogP contribution in [-0.4, -0.2) is 31.5 Å². The first-order chi connectivity index (χ1) is 9.70. The van der Waals surface area contributed by atoms with Crippen LogP contribution < -0.4 is 0 Å². The third kappa shape index (κ3) is 3.94. The average Bonchev–Trinajstić information content (AvgIpc) is 2.40. The van der Waals surface area contributed by atoms with Crippen LogP contribution in [0, 0.1) is 5.82 Å².